The summed E-state index contributed by atoms with van der Waals surface area (Å²) in [4.78, 5) is 0. The molecule has 0 aliphatic heterocycles. The molecule has 0 saturated heterocycles. The number of hydrogen-bond acceptors (Lipinski definition) is 1. The molecule has 0 aromatic carbocycles. The van der Waals surface area contributed by atoms with Crippen LogP contribution in [0, 0.1) is 29.6 Å². The Hall–Kier alpha value is -0.0400. The predicted octanol–water partition coefficient (Wildman–Crippen LogP) is 3.45. The molecule has 3 fully saturated rings. The lowest BCUT2D eigenvalue weighted by Gasteiger charge is -2.36. The molecule has 1 N–H and O–H groups in total. The minimum Gasteiger partial charge on any atom is -0.316 e. The van der Waals surface area contributed by atoms with E-state index in [2.05, 4.69) is 19.3 Å². The van der Waals surface area contributed by atoms with Gasteiger partial charge in [0, 0.05) is 6.04 Å². The van der Waals surface area contributed by atoms with Crippen LogP contribution in [0.2, 0.25) is 0 Å². The molecule has 0 spiro atoms. The van der Waals surface area contributed by atoms with E-state index in [9.17, 15) is 0 Å². The van der Waals surface area contributed by atoms with Crippen LogP contribution in [0.25, 0.3) is 0 Å². The summed E-state index contributed by atoms with van der Waals surface area (Å²) in [7, 11) is 2.20. The molecule has 16 heavy (non-hydrogen) atoms. The Balaban J connectivity index is 1.57. The highest BCUT2D eigenvalue weighted by Gasteiger charge is 2.48. The van der Waals surface area contributed by atoms with Gasteiger partial charge < -0.3 is 5.32 Å². The highest BCUT2D eigenvalue weighted by atomic mass is 14.9. The van der Waals surface area contributed by atoms with Crippen molar-refractivity contribution < 1.29 is 0 Å². The van der Waals surface area contributed by atoms with E-state index in [1.807, 2.05) is 0 Å². The zero-order valence-corrected chi connectivity index (χ0v) is 10.9. The molecule has 3 aliphatic rings. The van der Waals surface area contributed by atoms with Gasteiger partial charge in [0.1, 0.15) is 0 Å². The minimum atomic E-state index is 0.847. The Morgan fingerprint density at radius 3 is 2.06 bits per heavy atom. The molecule has 0 aromatic rings. The molecule has 0 bridgehead atoms. The molecule has 1 nitrogen and oxygen atoms in total. The third kappa shape index (κ3) is 2.03. The average molecular weight is 221 g/mol. The molecular formula is C15H27N. The minimum absolute atomic E-state index is 0.847. The van der Waals surface area contributed by atoms with E-state index in [1.54, 1.807) is 19.3 Å². The average Bonchev–Trinajstić information content (AvgIpc) is 2.90. The maximum atomic E-state index is 3.67. The molecule has 0 heterocycles. The fourth-order valence-corrected chi connectivity index (χ4v) is 4.56. The molecule has 3 rings (SSSR count). The van der Waals surface area contributed by atoms with Gasteiger partial charge in [0.05, 0.1) is 0 Å². The van der Waals surface area contributed by atoms with Crippen LogP contribution in [0.5, 0.6) is 0 Å². The first kappa shape index (κ1) is 11.1. The Kier molecular flexibility index (Phi) is 2.99. The summed E-state index contributed by atoms with van der Waals surface area (Å²) < 4.78 is 0. The second-order valence-corrected chi connectivity index (χ2v) is 6.82. The maximum absolute atomic E-state index is 3.67. The summed E-state index contributed by atoms with van der Waals surface area (Å²) in [5.74, 6) is 5.29. The van der Waals surface area contributed by atoms with Crippen molar-refractivity contribution in [1.29, 1.82) is 0 Å². The topological polar surface area (TPSA) is 12.0 Å². The zero-order valence-electron chi connectivity index (χ0n) is 10.9. The molecule has 0 amide bonds. The van der Waals surface area contributed by atoms with Gasteiger partial charge in [0.25, 0.3) is 0 Å². The van der Waals surface area contributed by atoms with Crippen molar-refractivity contribution in [3.05, 3.63) is 0 Å². The predicted molar refractivity (Wildman–Crippen MR) is 68.3 cm³/mol. The smallest absolute Gasteiger partial charge is 0.0121 e. The second kappa shape index (κ2) is 4.33. The van der Waals surface area contributed by atoms with E-state index < -0.39 is 0 Å². The summed E-state index contributed by atoms with van der Waals surface area (Å²) in [5.41, 5.74) is 0. The summed E-state index contributed by atoms with van der Waals surface area (Å²) in [6.45, 7) is 2.43. The highest BCUT2D eigenvalue weighted by Crippen LogP contribution is 2.56. The van der Waals surface area contributed by atoms with Crippen molar-refractivity contribution in [2.75, 3.05) is 7.05 Å². The fraction of sp³-hybridized carbons (Fsp3) is 1.00. The first-order valence-electron chi connectivity index (χ1n) is 7.45. The van der Waals surface area contributed by atoms with Crippen LogP contribution in [-0.4, -0.2) is 13.1 Å². The molecule has 0 radical (unpaired) electrons. The second-order valence-electron chi connectivity index (χ2n) is 6.82. The van der Waals surface area contributed by atoms with Crippen LogP contribution in [0.1, 0.15) is 51.9 Å². The van der Waals surface area contributed by atoms with Crippen LogP contribution in [-0.2, 0) is 0 Å². The van der Waals surface area contributed by atoms with Crippen LogP contribution < -0.4 is 5.32 Å². The van der Waals surface area contributed by atoms with Crippen molar-refractivity contribution >= 4 is 0 Å². The van der Waals surface area contributed by atoms with Gasteiger partial charge in [-0.15, -0.1) is 0 Å². The van der Waals surface area contributed by atoms with Crippen LogP contribution in [0.4, 0.5) is 0 Å². The van der Waals surface area contributed by atoms with Gasteiger partial charge >= 0.3 is 0 Å². The molecular weight excluding hydrogens is 194 g/mol. The normalized spacial score (nSPS) is 48.8. The van der Waals surface area contributed by atoms with Crippen molar-refractivity contribution in [2.45, 2.75) is 57.9 Å². The first-order chi connectivity index (χ1) is 7.78. The standard InChI is InChI=1S/C15H27N/c1-10-3-5-11(6-4-10)15(16-2)14-8-12-7-13(12)9-14/h10-16H,3-9H2,1-2H3. The molecule has 3 saturated carbocycles. The van der Waals surface area contributed by atoms with Crippen molar-refractivity contribution in [1.82, 2.24) is 5.32 Å². The fourth-order valence-electron chi connectivity index (χ4n) is 4.56. The lowest BCUT2D eigenvalue weighted by Crippen LogP contribution is -2.41. The SMILES string of the molecule is CNC(C1CCC(C)CC1)C1CC2CC2C1. The molecule has 3 unspecified atom stereocenters. The maximum Gasteiger partial charge on any atom is 0.0121 e. The summed E-state index contributed by atoms with van der Waals surface area (Å²) in [6, 6.07) is 0.847. The highest BCUT2D eigenvalue weighted by molar-refractivity contribution is 5.00. The molecule has 3 atom stereocenters. The van der Waals surface area contributed by atoms with Crippen LogP contribution in [0.3, 0.4) is 0 Å². The number of nitrogens with one attached hydrogen (secondary N) is 1. The van der Waals surface area contributed by atoms with Gasteiger partial charge in [-0.1, -0.05) is 19.8 Å². The molecule has 0 aromatic heterocycles. The lowest BCUT2D eigenvalue weighted by atomic mass is 9.74. The van der Waals surface area contributed by atoms with Gasteiger partial charge in [0.2, 0.25) is 0 Å². The van der Waals surface area contributed by atoms with E-state index in [0.29, 0.717) is 0 Å². The Morgan fingerprint density at radius 2 is 1.50 bits per heavy atom. The van der Waals surface area contributed by atoms with Gasteiger partial charge in [-0.3, -0.25) is 0 Å². The van der Waals surface area contributed by atoms with Gasteiger partial charge in [-0.05, 0) is 68.7 Å². The van der Waals surface area contributed by atoms with Gasteiger partial charge in [-0.2, -0.15) is 0 Å². The molecule has 92 valence electrons. The van der Waals surface area contributed by atoms with E-state index >= 15 is 0 Å². The summed E-state index contributed by atoms with van der Waals surface area (Å²) in [5, 5.41) is 3.67. The van der Waals surface area contributed by atoms with E-state index in [4.69, 9.17) is 0 Å². The van der Waals surface area contributed by atoms with Gasteiger partial charge in [-0.25, -0.2) is 0 Å². The number of fused-ring (bicyclic) bond motifs is 1. The number of rotatable bonds is 3. The largest absolute Gasteiger partial charge is 0.316 e. The van der Waals surface area contributed by atoms with E-state index in [-0.39, 0.29) is 0 Å². The summed E-state index contributed by atoms with van der Waals surface area (Å²) >= 11 is 0. The Morgan fingerprint density at radius 1 is 0.875 bits per heavy atom. The van der Waals surface area contributed by atoms with Crippen molar-refractivity contribution in [2.24, 2.45) is 29.6 Å². The molecule has 3 aliphatic carbocycles. The van der Waals surface area contributed by atoms with Crippen LogP contribution in [0.15, 0.2) is 0 Å². The Bertz CT molecular complexity index is 232. The van der Waals surface area contributed by atoms with Gasteiger partial charge in [0.15, 0.2) is 0 Å². The zero-order chi connectivity index (χ0) is 11.1. The summed E-state index contributed by atoms with van der Waals surface area (Å²) in [6.07, 6.45) is 10.6. The first-order valence-corrected chi connectivity index (χ1v) is 7.45. The monoisotopic (exact) mass is 221 g/mol. The molecule has 1 heteroatoms. The van der Waals surface area contributed by atoms with Crippen LogP contribution >= 0.6 is 0 Å². The van der Waals surface area contributed by atoms with E-state index in [1.165, 1.54) is 25.7 Å². The van der Waals surface area contributed by atoms with Crippen molar-refractivity contribution in [3.8, 4) is 0 Å². The third-order valence-electron chi connectivity index (χ3n) is 5.69. The quantitative estimate of drug-likeness (QED) is 0.769. The Labute approximate surface area is 100 Å². The number of hydrogen-bond donors (Lipinski definition) is 1. The third-order valence-corrected chi connectivity index (χ3v) is 5.69. The lowest BCUT2D eigenvalue weighted by molar-refractivity contribution is 0.184. The van der Waals surface area contributed by atoms with E-state index in [0.717, 1.165) is 35.6 Å². The van der Waals surface area contributed by atoms with Crippen molar-refractivity contribution in [3.63, 3.8) is 0 Å².